The molecule has 11 heteroatoms. The van der Waals surface area contributed by atoms with Crippen LogP contribution in [0, 0.1) is 34.5 Å². The van der Waals surface area contributed by atoms with Crippen molar-refractivity contribution in [2.45, 2.75) is 105 Å². The number of aliphatic hydroxyl groups is 2. The van der Waals surface area contributed by atoms with Crippen molar-refractivity contribution in [2.24, 2.45) is 34.5 Å². The van der Waals surface area contributed by atoms with Gasteiger partial charge < -0.3 is 35.4 Å². The third-order valence-electron chi connectivity index (χ3n) is 12.5. The van der Waals surface area contributed by atoms with Gasteiger partial charge in [-0.2, -0.15) is 5.06 Å². The van der Waals surface area contributed by atoms with Gasteiger partial charge in [-0.3, -0.25) is 14.4 Å². The Bertz CT molecular complexity index is 1640. The van der Waals surface area contributed by atoms with E-state index in [1.54, 1.807) is 19.1 Å². The molecule has 1 heterocycles. The van der Waals surface area contributed by atoms with Crippen LogP contribution in [0.3, 0.4) is 0 Å². The SMILES string of the molecule is COc1c(CN2O[C@@H](CO)[C@@H]([C@H](C)O)[C@H]2C(=O)N[C@H]2C[C@H]3C[C@@H]([C@@H]2C)C3(C)C)cccc1-c1ccc(N(C)C)c(C(=O)N[C@H](CN(C)C)CC(C)(C)C)c1. The fourth-order valence-corrected chi connectivity index (χ4v) is 9.71. The molecule has 3 saturated carbocycles. The van der Waals surface area contributed by atoms with Crippen LogP contribution in [0.4, 0.5) is 5.69 Å². The van der Waals surface area contributed by atoms with Gasteiger partial charge in [-0.05, 0) is 86.6 Å². The molecule has 0 unspecified atom stereocenters. The lowest BCUT2D eigenvalue weighted by Crippen LogP contribution is -2.62. The second kappa shape index (κ2) is 16.5. The average molecular weight is 750 g/mol. The summed E-state index contributed by atoms with van der Waals surface area (Å²) in [4.78, 5) is 38.6. The highest BCUT2D eigenvalue weighted by Crippen LogP contribution is 2.61. The lowest BCUT2D eigenvalue weighted by molar-refractivity contribution is -0.183. The molecule has 1 saturated heterocycles. The number of carbonyl (C=O) groups excluding carboxylic acids is 2. The Morgan fingerprint density at radius 1 is 1.11 bits per heavy atom. The minimum Gasteiger partial charge on any atom is -0.496 e. The first kappa shape index (κ1) is 41.9. The summed E-state index contributed by atoms with van der Waals surface area (Å²) in [5.74, 6) is 1.09. The molecule has 0 aromatic heterocycles. The zero-order chi connectivity index (χ0) is 39.9. The number of para-hydroxylation sites is 1. The average Bonchev–Trinajstić information content (AvgIpc) is 3.46. The number of carbonyl (C=O) groups is 2. The number of rotatable bonds is 14. The number of fused-ring (bicyclic) bond motifs is 2. The number of benzene rings is 2. The number of hydroxylamine groups is 2. The lowest BCUT2D eigenvalue weighted by Gasteiger charge is -2.62. The van der Waals surface area contributed by atoms with Crippen molar-refractivity contribution in [3.63, 3.8) is 0 Å². The summed E-state index contributed by atoms with van der Waals surface area (Å²) < 4.78 is 6.08. The van der Waals surface area contributed by atoms with Crippen LogP contribution in [0.1, 0.15) is 83.7 Å². The number of amides is 2. The number of aliphatic hydroxyl groups excluding tert-OH is 2. The fraction of sp³-hybridized carbons (Fsp3) is 0.674. The van der Waals surface area contributed by atoms with Crippen LogP contribution in [0.5, 0.6) is 5.75 Å². The van der Waals surface area contributed by atoms with E-state index in [1.165, 1.54) is 6.42 Å². The van der Waals surface area contributed by atoms with Crippen LogP contribution < -0.4 is 20.3 Å². The van der Waals surface area contributed by atoms with Crippen LogP contribution in [-0.4, -0.2) is 111 Å². The van der Waals surface area contributed by atoms with Crippen LogP contribution in [0.15, 0.2) is 36.4 Å². The van der Waals surface area contributed by atoms with Gasteiger partial charge in [0.25, 0.3) is 5.91 Å². The van der Waals surface area contributed by atoms with Gasteiger partial charge in [-0.15, -0.1) is 0 Å². The van der Waals surface area contributed by atoms with Gasteiger partial charge in [0.2, 0.25) is 5.91 Å². The molecule has 6 rings (SSSR count). The third kappa shape index (κ3) is 8.76. The van der Waals surface area contributed by atoms with Gasteiger partial charge in [-0.25, -0.2) is 0 Å². The molecule has 54 heavy (non-hydrogen) atoms. The smallest absolute Gasteiger partial charge is 0.253 e. The molecule has 2 bridgehead atoms. The second-order valence-electron chi connectivity index (χ2n) is 18.6. The topological polar surface area (TPSA) is 127 Å². The van der Waals surface area contributed by atoms with E-state index in [0.717, 1.165) is 41.8 Å². The Morgan fingerprint density at radius 3 is 2.37 bits per heavy atom. The van der Waals surface area contributed by atoms with E-state index >= 15 is 0 Å². The summed E-state index contributed by atoms with van der Waals surface area (Å²) in [6.45, 7) is 15.7. The molecule has 9 atom stereocenters. The molecule has 1 aliphatic heterocycles. The monoisotopic (exact) mass is 750 g/mol. The zero-order valence-electron chi connectivity index (χ0n) is 34.8. The van der Waals surface area contributed by atoms with E-state index in [1.807, 2.05) is 69.5 Å². The van der Waals surface area contributed by atoms with E-state index in [4.69, 9.17) is 9.57 Å². The van der Waals surface area contributed by atoms with Gasteiger partial charge in [0, 0.05) is 55.5 Å². The normalized spacial score (nSPS) is 27.6. The van der Waals surface area contributed by atoms with Crippen molar-refractivity contribution in [3.05, 3.63) is 47.5 Å². The fourth-order valence-electron chi connectivity index (χ4n) is 9.71. The number of methoxy groups -OCH3 is 1. The molecule has 0 radical (unpaired) electrons. The largest absolute Gasteiger partial charge is 0.496 e. The Morgan fingerprint density at radius 2 is 1.81 bits per heavy atom. The summed E-state index contributed by atoms with van der Waals surface area (Å²) >= 11 is 0. The summed E-state index contributed by atoms with van der Waals surface area (Å²) in [5.41, 5.74) is 4.05. The minimum atomic E-state index is -0.896. The van der Waals surface area contributed by atoms with Crippen LogP contribution >= 0.6 is 0 Å². The highest BCUT2D eigenvalue weighted by Gasteiger charge is 2.57. The number of anilines is 1. The van der Waals surface area contributed by atoms with Crippen LogP contribution in [0.2, 0.25) is 0 Å². The first-order chi connectivity index (χ1) is 25.3. The van der Waals surface area contributed by atoms with Crippen molar-refractivity contribution < 1.29 is 29.4 Å². The van der Waals surface area contributed by atoms with Crippen molar-refractivity contribution in [1.82, 2.24) is 20.6 Å². The Balaban J connectivity index is 1.45. The zero-order valence-corrected chi connectivity index (χ0v) is 34.8. The molecular formula is C43H67N5O6. The number of nitrogens with one attached hydrogen (secondary N) is 2. The summed E-state index contributed by atoms with van der Waals surface area (Å²) in [6.07, 6.45) is 1.32. The predicted octanol–water partition coefficient (Wildman–Crippen LogP) is 5.19. The number of nitrogens with zero attached hydrogens (tertiary/aromatic N) is 3. The van der Waals surface area contributed by atoms with Crippen molar-refractivity contribution in [3.8, 4) is 16.9 Å². The minimum absolute atomic E-state index is 0.0327. The number of hydrogen-bond acceptors (Lipinski definition) is 9. The van der Waals surface area contributed by atoms with Crippen molar-refractivity contribution in [1.29, 1.82) is 0 Å². The second-order valence-corrected chi connectivity index (χ2v) is 18.6. The molecule has 300 valence electrons. The molecule has 11 nitrogen and oxygen atoms in total. The Kier molecular flexibility index (Phi) is 12.8. The Hall–Kier alpha value is -3.22. The molecule has 0 spiro atoms. The molecule has 4 N–H and O–H groups in total. The third-order valence-corrected chi connectivity index (χ3v) is 12.5. The van der Waals surface area contributed by atoms with Crippen LogP contribution in [-0.2, 0) is 16.2 Å². The van der Waals surface area contributed by atoms with E-state index in [2.05, 4.69) is 57.1 Å². The standard InChI is InChI=1S/C43H67N5O6/c1-25-33-19-29(43(33,6)7)20-34(25)45-41(52)38-37(26(2)50)36(24-49)54-48(38)22-28-14-13-15-31(39(28)53-12)27-16-17-35(47(10)11)32(18-27)40(51)44-30(23-46(8)9)21-42(3,4)5/h13-18,25-26,29-30,33-34,36-38,49-50H,19-24H2,1-12H3,(H,44,51)(H,45,52)/t25-,26-,29+,30-,33-,34-,36-,37+,38-/m0/s1. The van der Waals surface area contributed by atoms with Gasteiger partial charge in [0.1, 0.15) is 17.9 Å². The predicted molar refractivity (Wildman–Crippen MR) is 214 cm³/mol. The van der Waals surface area contributed by atoms with Crippen molar-refractivity contribution in [2.75, 3.05) is 53.4 Å². The van der Waals surface area contributed by atoms with E-state index in [9.17, 15) is 19.8 Å². The maximum atomic E-state index is 14.3. The molecule has 2 amide bonds. The summed E-state index contributed by atoms with van der Waals surface area (Å²) in [5, 5.41) is 29.6. The maximum Gasteiger partial charge on any atom is 0.253 e. The quantitative estimate of drug-likeness (QED) is 0.207. The number of hydrogen-bond donors (Lipinski definition) is 4. The first-order valence-corrected chi connectivity index (χ1v) is 19.7. The van der Waals surface area contributed by atoms with E-state index < -0.39 is 24.2 Å². The molecule has 3 aliphatic carbocycles. The summed E-state index contributed by atoms with van der Waals surface area (Å²) in [6, 6.07) is 10.9. The number of likely N-dealkylation sites (N-methyl/N-ethyl adjacent to an activating group) is 1. The van der Waals surface area contributed by atoms with Gasteiger partial charge in [-0.1, -0.05) is 65.8 Å². The number of ether oxygens (including phenoxy) is 1. The highest BCUT2D eigenvalue weighted by atomic mass is 16.7. The maximum absolute atomic E-state index is 14.3. The van der Waals surface area contributed by atoms with E-state index in [-0.39, 0.29) is 47.9 Å². The lowest BCUT2D eigenvalue weighted by atomic mass is 9.45. The Labute approximate surface area is 323 Å². The molecule has 2 aromatic carbocycles. The highest BCUT2D eigenvalue weighted by molar-refractivity contribution is 6.01. The van der Waals surface area contributed by atoms with Gasteiger partial charge in [0.05, 0.1) is 31.9 Å². The van der Waals surface area contributed by atoms with Crippen LogP contribution in [0.25, 0.3) is 11.1 Å². The summed E-state index contributed by atoms with van der Waals surface area (Å²) in [7, 11) is 9.51. The molecule has 4 fully saturated rings. The molecular weight excluding hydrogens is 683 g/mol. The van der Waals surface area contributed by atoms with Gasteiger partial charge >= 0.3 is 0 Å². The molecule has 2 aromatic rings. The van der Waals surface area contributed by atoms with Crippen molar-refractivity contribution >= 4 is 17.5 Å². The van der Waals surface area contributed by atoms with Gasteiger partial charge in [0.15, 0.2) is 0 Å². The van der Waals surface area contributed by atoms with E-state index in [0.29, 0.717) is 29.1 Å². The first-order valence-electron chi connectivity index (χ1n) is 19.7. The molecule has 4 aliphatic rings.